The van der Waals surface area contributed by atoms with Crippen molar-refractivity contribution in [2.24, 2.45) is 11.8 Å². The van der Waals surface area contributed by atoms with Crippen LogP contribution in [-0.4, -0.2) is 55.0 Å². The van der Waals surface area contributed by atoms with Gasteiger partial charge in [0.1, 0.15) is 5.75 Å². The molecular formula is C23H36N2O2. The van der Waals surface area contributed by atoms with Gasteiger partial charge in [-0.3, -0.25) is 4.79 Å². The van der Waals surface area contributed by atoms with Crippen molar-refractivity contribution in [2.75, 3.05) is 39.3 Å². The van der Waals surface area contributed by atoms with Crippen molar-refractivity contribution in [1.82, 2.24) is 9.80 Å². The third-order valence-electron chi connectivity index (χ3n) is 6.15. The molecule has 0 aromatic heterocycles. The molecule has 1 amide bonds. The normalized spacial score (nSPS) is 22.2. The Morgan fingerprint density at radius 1 is 1.19 bits per heavy atom. The molecule has 0 saturated carbocycles. The first kappa shape index (κ1) is 20.2. The monoisotopic (exact) mass is 372 g/mol. The summed E-state index contributed by atoms with van der Waals surface area (Å²) >= 11 is 0. The van der Waals surface area contributed by atoms with E-state index in [0.29, 0.717) is 11.8 Å². The minimum absolute atomic E-state index is 0.127. The predicted octanol–water partition coefficient (Wildman–Crippen LogP) is 4.16. The van der Waals surface area contributed by atoms with Gasteiger partial charge >= 0.3 is 0 Å². The number of amides is 1. The fraction of sp³-hybridized carbons (Fsp3) is 0.696. The van der Waals surface area contributed by atoms with Gasteiger partial charge in [-0.25, -0.2) is 0 Å². The van der Waals surface area contributed by atoms with Crippen molar-refractivity contribution >= 4 is 5.91 Å². The zero-order chi connectivity index (χ0) is 19.2. The van der Waals surface area contributed by atoms with Gasteiger partial charge in [0, 0.05) is 19.6 Å². The number of ether oxygens (including phenoxy) is 1. The Kier molecular flexibility index (Phi) is 7.17. The first-order valence-corrected chi connectivity index (χ1v) is 10.7. The molecule has 2 heterocycles. The summed E-state index contributed by atoms with van der Waals surface area (Å²) in [6.07, 6.45) is 4.99. The average Bonchev–Trinajstić information content (AvgIpc) is 2.68. The molecule has 2 fully saturated rings. The van der Waals surface area contributed by atoms with Gasteiger partial charge in [-0.05, 0) is 74.2 Å². The zero-order valence-corrected chi connectivity index (χ0v) is 17.3. The first-order valence-electron chi connectivity index (χ1n) is 10.7. The van der Waals surface area contributed by atoms with E-state index in [-0.39, 0.29) is 12.5 Å². The maximum Gasteiger partial charge on any atom is 0.260 e. The number of piperidine rings is 2. The van der Waals surface area contributed by atoms with Crippen LogP contribution in [-0.2, 0) is 4.79 Å². The number of hydrogen-bond acceptors (Lipinski definition) is 3. The molecular weight excluding hydrogens is 336 g/mol. The number of rotatable bonds is 6. The van der Waals surface area contributed by atoms with Gasteiger partial charge in [0.25, 0.3) is 5.91 Å². The van der Waals surface area contributed by atoms with Crippen LogP contribution in [0.25, 0.3) is 0 Å². The van der Waals surface area contributed by atoms with E-state index in [0.717, 1.165) is 37.7 Å². The van der Waals surface area contributed by atoms with E-state index in [1.165, 1.54) is 37.9 Å². The summed E-state index contributed by atoms with van der Waals surface area (Å²) in [4.78, 5) is 17.3. The van der Waals surface area contributed by atoms with E-state index in [1.54, 1.807) is 0 Å². The third-order valence-corrected chi connectivity index (χ3v) is 6.15. The highest BCUT2D eigenvalue weighted by Crippen LogP contribution is 2.23. The van der Waals surface area contributed by atoms with Crippen LogP contribution in [0.4, 0.5) is 0 Å². The Labute approximate surface area is 164 Å². The molecule has 0 aliphatic carbocycles. The molecule has 1 unspecified atom stereocenters. The molecule has 1 atom stereocenters. The van der Waals surface area contributed by atoms with Crippen LogP contribution >= 0.6 is 0 Å². The highest BCUT2D eigenvalue weighted by Gasteiger charge is 2.26. The predicted molar refractivity (Wildman–Crippen MR) is 110 cm³/mol. The maximum atomic E-state index is 12.7. The van der Waals surface area contributed by atoms with Crippen LogP contribution in [0.2, 0.25) is 0 Å². The fourth-order valence-corrected chi connectivity index (χ4v) is 4.25. The number of hydrogen-bond donors (Lipinski definition) is 0. The van der Waals surface area contributed by atoms with Gasteiger partial charge in [0.2, 0.25) is 0 Å². The van der Waals surface area contributed by atoms with Crippen molar-refractivity contribution in [3.63, 3.8) is 0 Å². The Bertz CT molecular complexity index is 608. The van der Waals surface area contributed by atoms with Crippen LogP contribution < -0.4 is 4.74 Å². The van der Waals surface area contributed by atoms with Crippen molar-refractivity contribution < 1.29 is 9.53 Å². The van der Waals surface area contributed by atoms with E-state index in [9.17, 15) is 4.79 Å². The average molecular weight is 373 g/mol. The summed E-state index contributed by atoms with van der Waals surface area (Å²) in [5, 5.41) is 0. The van der Waals surface area contributed by atoms with Crippen LogP contribution in [0.15, 0.2) is 24.3 Å². The summed E-state index contributed by atoms with van der Waals surface area (Å²) in [6.45, 7) is 12.2. The zero-order valence-electron chi connectivity index (χ0n) is 17.3. The molecule has 2 aliphatic rings. The van der Waals surface area contributed by atoms with Gasteiger partial charge in [0.15, 0.2) is 6.61 Å². The molecule has 0 spiro atoms. The molecule has 4 heteroatoms. The molecule has 0 radical (unpaired) electrons. The number of carbonyl (C=O) groups is 1. The van der Waals surface area contributed by atoms with Gasteiger partial charge in [-0.15, -0.1) is 0 Å². The minimum atomic E-state index is 0.127. The second-order valence-electron chi connectivity index (χ2n) is 8.85. The number of benzene rings is 1. The lowest BCUT2D eigenvalue weighted by atomic mass is 9.94. The largest absolute Gasteiger partial charge is 0.484 e. The Balaban J connectivity index is 1.46. The highest BCUT2D eigenvalue weighted by molar-refractivity contribution is 5.77. The lowest BCUT2D eigenvalue weighted by Crippen LogP contribution is -2.46. The maximum absolute atomic E-state index is 12.7. The molecule has 150 valence electrons. The Hall–Kier alpha value is -1.55. The minimum Gasteiger partial charge on any atom is -0.484 e. The summed E-state index contributed by atoms with van der Waals surface area (Å²) in [5.74, 6) is 2.87. The van der Waals surface area contributed by atoms with E-state index < -0.39 is 0 Å². The van der Waals surface area contributed by atoms with Crippen molar-refractivity contribution in [2.45, 2.75) is 52.4 Å². The smallest absolute Gasteiger partial charge is 0.260 e. The molecule has 2 aliphatic heterocycles. The number of likely N-dealkylation sites (tertiary alicyclic amines) is 2. The lowest BCUT2D eigenvalue weighted by Gasteiger charge is -2.37. The number of carbonyl (C=O) groups excluding carboxylic acids is 1. The van der Waals surface area contributed by atoms with Crippen molar-refractivity contribution in [1.29, 1.82) is 0 Å². The van der Waals surface area contributed by atoms with Crippen LogP contribution in [0, 0.1) is 11.8 Å². The fourth-order valence-electron chi connectivity index (χ4n) is 4.25. The Morgan fingerprint density at radius 2 is 1.96 bits per heavy atom. The molecule has 4 nitrogen and oxygen atoms in total. The van der Waals surface area contributed by atoms with Gasteiger partial charge < -0.3 is 14.5 Å². The van der Waals surface area contributed by atoms with E-state index in [2.05, 4.69) is 31.7 Å². The summed E-state index contributed by atoms with van der Waals surface area (Å²) in [5.41, 5.74) is 1.24. The second kappa shape index (κ2) is 9.59. The SMILES string of the molecule is CC1CCN(CC2CCCN(C(=O)COc3cccc(C(C)C)c3)C2)CC1. The topological polar surface area (TPSA) is 32.8 Å². The molecule has 1 aromatic rings. The van der Waals surface area contributed by atoms with Gasteiger partial charge in [-0.1, -0.05) is 32.9 Å². The first-order chi connectivity index (χ1) is 13.0. The van der Waals surface area contributed by atoms with Crippen molar-refractivity contribution in [3.8, 4) is 5.75 Å². The van der Waals surface area contributed by atoms with Crippen LogP contribution in [0.5, 0.6) is 5.75 Å². The van der Waals surface area contributed by atoms with E-state index in [4.69, 9.17) is 4.74 Å². The third kappa shape index (κ3) is 5.97. The molecule has 0 bridgehead atoms. The van der Waals surface area contributed by atoms with Crippen LogP contribution in [0.3, 0.4) is 0 Å². The molecule has 2 saturated heterocycles. The summed E-state index contributed by atoms with van der Waals surface area (Å²) in [7, 11) is 0. The summed E-state index contributed by atoms with van der Waals surface area (Å²) < 4.78 is 5.81. The molecule has 1 aromatic carbocycles. The van der Waals surface area contributed by atoms with Gasteiger partial charge in [-0.2, -0.15) is 0 Å². The quantitative estimate of drug-likeness (QED) is 0.752. The van der Waals surface area contributed by atoms with E-state index in [1.807, 2.05) is 23.1 Å². The van der Waals surface area contributed by atoms with Crippen LogP contribution in [0.1, 0.15) is 57.9 Å². The second-order valence-corrected chi connectivity index (χ2v) is 8.85. The molecule has 3 rings (SSSR count). The summed E-state index contributed by atoms with van der Waals surface area (Å²) in [6, 6.07) is 8.10. The number of nitrogens with zero attached hydrogens (tertiary/aromatic N) is 2. The van der Waals surface area contributed by atoms with Crippen molar-refractivity contribution in [3.05, 3.63) is 29.8 Å². The lowest BCUT2D eigenvalue weighted by molar-refractivity contribution is -0.135. The molecule has 0 N–H and O–H groups in total. The van der Waals surface area contributed by atoms with E-state index >= 15 is 0 Å². The van der Waals surface area contributed by atoms with Gasteiger partial charge in [0.05, 0.1) is 0 Å². The Morgan fingerprint density at radius 3 is 2.70 bits per heavy atom. The highest BCUT2D eigenvalue weighted by atomic mass is 16.5. The molecule has 27 heavy (non-hydrogen) atoms. The standard InChI is InChI=1S/C23H36N2O2/c1-18(2)21-7-4-8-22(14-21)27-17-23(26)25-11-5-6-20(16-25)15-24-12-9-19(3)10-13-24/h4,7-8,14,18-20H,5-6,9-13,15-17H2,1-3H3.